The molecule has 0 aromatic heterocycles. The quantitative estimate of drug-likeness (QED) is 0.154. The van der Waals surface area contributed by atoms with E-state index >= 15 is 0 Å². The van der Waals surface area contributed by atoms with Crippen LogP contribution in [0.2, 0.25) is 0 Å². The van der Waals surface area contributed by atoms with Crippen LogP contribution in [-0.2, 0) is 16.1 Å². The maximum absolute atomic E-state index is 13.5. The molecule has 0 N–H and O–H groups in total. The molecule has 1 aliphatic heterocycles. The number of nitrogens with zero attached hydrogens (tertiary/aromatic N) is 2. The first kappa shape index (κ1) is 24.1. The van der Waals surface area contributed by atoms with Crippen molar-refractivity contribution in [1.82, 2.24) is 0 Å². The van der Waals surface area contributed by atoms with Gasteiger partial charge in [-0.2, -0.15) is 0 Å². The first-order valence-electron chi connectivity index (χ1n) is 10.4. The van der Waals surface area contributed by atoms with Gasteiger partial charge in [-0.15, -0.1) is 0 Å². The SMILES string of the molecule is CCOc1cc(/C=C2\N=C(c3ccc([N+](=O)[O-])cc3)OC2=O)cc(Br)c1OCc1cccc(F)c1. The maximum atomic E-state index is 13.5. The minimum Gasteiger partial charge on any atom is -0.490 e. The number of hydrogen-bond donors (Lipinski definition) is 0. The highest BCUT2D eigenvalue weighted by molar-refractivity contribution is 9.10. The number of non-ortho nitro benzene ring substituents is 1. The Morgan fingerprint density at radius 1 is 1.14 bits per heavy atom. The van der Waals surface area contributed by atoms with E-state index in [9.17, 15) is 19.3 Å². The summed E-state index contributed by atoms with van der Waals surface area (Å²) >= 11 is 3.47. The largest absolute Gasteiger partial charge is 0.490 e. The van der Waals surface area contributed by atoms with E-state index in [-0.39, 0.29) is 29.7 Å². The fourth-order valence-corrected chi connectivity index (χ4v) is 3.85. The molecule has 4 rings (SSSR count). The van der Waals surface area contributed by atoms with Crippen molar-refractivity contribution < 1.29 is 28.3 Å². The topological polar surface area (TPSA) is 100 Å². The lowest BCUT2D eigenvalue weighted by atomic mass is 10.1. The standard InChI is InChI=1S/C25H18BrFN2O6/c1-2-33-22-13-16(11-20(26)23(22)34-14-15-4-3-5-18(27)10-15)12-21-25(30)35-24(28-21)17-6-8-19(9-7-17)29(31)32/h3-13H,2,14H2,1H3/b21-12-. The van der Waals surface area contributed by atoms with Crippen LogP contribution < -0.4 is 9.47 Å². The summed E-state index contributed by atoms with van der Waals surface area (Å²) in [6.07, 6.45) is 1.53. The van der Waals surface area contributed by atoms with E-state index in [1.807, 2.05) is 6.92 Å². The van der Waals surface area contributed by atoms with Gasteiger partial charge < -0.3 is 14.2 Å². The van der Waals surface area contributed by atoms with Crippen molar-refractivity contribution >= 4 is 39.6 Å². The summed E-state index contributed by atoms with van der Waals surface area (Å²) in [6.45, 7) is 2.32. The summed E-state index contributed by atoms with van der Waals surface area (Å²) in [5.74, 6) is -0.0955. The van der Waals surface area contributed by atoms with Gasteiger partial charge in [0.1, 0.15) is 12.4 Å². The molecule has 3 aromatic carbocycles. The maximum Gasteiger partial charge on any atom is 0.363 e. The Balaban J connectivity index is 1.59. The molecule has 8 nitrogen and oxygen atoms in total. The molecule has 35 heavy (non-hydrogen) atoms. The van der Waals surface area contributed by atoms with Crippen molar-refractivity contribution in [2.75, 3.05) is 6.61 Å². The Bertz CT molecular complexity index is 1350. The van der Waals surface area contributed by atoms with E-state index < -0.39 is 10.9 Å². The number of hydrogen-bond acceptors (Lipinski definition) is 7. The number of nitro groups is 1. The zero-order valence-corrected chi connectivity index (χ0v) is 20.0. The molecular weight excluding hydrogens is 523 g/mol. The Morgan fingerprint density at radius 3 is 2.60 bits per heavy atom. The second-order valence-corrected chi connectivity index (χ2v) is 8.18. The fraction of sp³-hybridized carbons (Fsp3) is 0.120. The van der Waals surface area contributed by atoms with Gasteiger partial charge in [0, 0.05) is 17.7 Å². The van der Waals surface area contributed by atoms with Crippen LogP contribution in [0.1, 0.15) is 23.6 Å². The molecule has 0 radical (unpaired) electrons. The van der Waals surface area contributed by atoms with Crippen LogP contribution in [0.5, 0.6) is 11.5 Å². The number of carbonyl (C=O) groups excluding carboxylic acids is 1. The van der Waals surface area contributed by atoms with Crippen molar-refractivity contribution in [3.63, 3.8) is 0 Å². The van der Waals surface area contributed by atoms with Gasteiger partial charge in [0.25, 0.3) is 5.69 Å². The van der Waals surface area contributed by atoms with Crippen molar-refractivity contribution in [3.05, 3.63) is 103 Å². The number of esters is 1. The number of cyclic esters (lactones) is 1. The number of ether oxygens (including phenoxy) is 3. The van der Waals surface area contributed by atoms with Gasteiger partial charge in [-0.1, -0.05) is 12.1 Å². The van der Waals surface area contributed by atoms with Gasteiger partial charge >= 0.3 is 5.97 Å². The Kier molecular flexibility index (Phi) is 7.21. The van der Waals surface area contributed by atoms with E-state index in [1.54, 1.807) is 24.3 Å². The molecule has 1 aliphatic rings. The lowest BCUT2D eigenvalue weighted by Crippen LogP contribution is -2.05. The lowest BCUT2D eigenvalue weighted by molar-refractivity contribution is -0.384. The normalized spacial score (nSPS) is 14.0. The number of halogens is 2. The third kappa shape index (κ3) is 5.72. The van der Waals surface area contributed by atoms with Gasteiger partial charge in [0.2, 0.25) is 5.90 Å². The highest BCUT2D eigenvalue weighted by atomic mass is 79.9. The van der Waals surface area contributed by atoms with E-state index in [0.29, 0.717) is 39.3 Å². The molecule has 3 aromatic rings. The van der Waals surface area contributed by atoms with Crippen molar-refractivity contribution in [2.24, 2.45) is 4.99 Å². The summed E-state index contributed by atoms with van der Waals surface area (Å²) in [4.78, 5) is 26.9. The van der Waals surface area contributed by atoms with Gasteiger partial charge in [-0.25, -0.2) is 14.2 Å². The van der Waals surface area contributed by atoms with Gasteiger partial charge in [0.05, 0.1) is 16.0 Å². The Labute approximate surface area is 207 Å². The molecule has 0 atom stereocenters. The van der Waals surface area contributed by atoms with Crippen molar-refractivity contribution in [3.8, 4) is 11.5 Å². The van der Waals surface area contributed by atoms with Crippen LogP contribution in [0.4, 0.5) is 10.1 Å². The molecule has 0 spiro atoms. The number of benzene rings is 3. The molecule has 0 fully saturated rings. The third-order valence-corrected chi connectivity index (χ3v) is 5.44. The minimum absolute atomic E-state index is 0.0512. The van der Waals surface area contributed by atoms with Gasteiger partial charge in [-0.05, 0) is 76.5 Å². The van der Waals surface area contributed by atoms with Crippen molar-refractivity contribution in [1.29, 1.82) is 0 Å². The molecular formula is C25H18BrFN2O6. The number of aliphatic imine (C=N–C) groups is 1. The zero-order valence-electron chi connectivity index (χ0n) is 18.4. The molecule has 0 aliphatic carbocycles. The monoisotopic (exact) mass is 540 g/mol. The van der Waals surface area contributed by atoms with Crippen LogP contribution in [0.25, 0.3) is 6.08 Å². The molecule has 0 unspecified atom stereocenters. The lowest BCUT2D eigenvalue weighted by Gasteiger charge is -2.15. The van der Waals surface area contributed by atoms with Gasteiger partial charge in [-0.3, -0.25) is 10.1 Å². The highest BCUT2D eigenvalue weighted by Crippen LogP contribution is 2.38. The Morgan fingerprint density at radius 2 is 1.91 bits per heavy atom. The van der Waals surface area contributed by atoms with Crippen LogP contribution >= 0.6 is 15.9 Å². The summed E-state index contributed by atoms with van der Waals surface area (Å²) in [6, 6.07) is 15.1. The summed E-state index contributed by atoms with van der Waals surface area (Å²) < 4.78 is 30.9. The predicted molar refractivity (Wildman–Crippen MR) is 130 cm³/mol. The highest BCUT2D eigenvalue weighted by Gasteiger charge is 2.25. The van der Waals surface area contributed by atoms with E-state index in [0.717, 1.165) is 0 Å². The van der Waals surface area contributed by atoms with Gasteiger partial charge in [0.15, 0.2) is 17.2 Å². The molecule has 0 bridgehead atoms. The number of carbonyl (C=O) groups is 1. The first-order chi connectivity index (χ1) is 16.8. The zero-order chi connectivity index (χ0) is 24.9. The average Bonchev–Trinajstić information content (AvgIpc) is 3.19. The first-order valence-corrected chi connectivity index (χ1v) is 11.2. The summed E-state index contributed by atoms with van der Waals surface area (Å²) in [5.41, 5.74) is 1.67. The van der Waals surface area contributed by atoms with E-state index in [4.69, 9.17) is 14.2 Å². The van der Waals surface area contributed by atoms with E-state index in [2.05, 4.69) is 20.9 Å². The molecule has 0 saturated carbocycles. The van der Waals surface area contributed by atoms with Crippen LogP contribution in [0, 0.1) is 15.9 Å². The molecule has 178 valence electrons. The number of rotatable bonds is 8. The second kappa shape index (κ2) is 10.5. The predicted octanol–water partition coefficient (Wildman–Crippen LogP) is 5.82. The van der Waals surface area contributed by atoms with Crippen LogP contribution in [-0.4, -0.2) is 23.4 Å². The molecule has 0 saturated heterocycles. The third-order valence-electron chi connectivity index (χ3n) is 4.85. The second-order valence-electron chi connectivity index (χ2n) is 7.32. The summed E-state index contributed by atoms with van der Waals surface area (Å²) in [5, 5.41) is 10.8. The fourth-order valence-electron chi connectivity index (χ4n) is 3.27. The summed E-state index contributed by atoms with van der Waals surface area (Å²) in [7, 11) is 0. The smallest absolute Gasteiger partial charge is 0.363 e. The van der Waals surface area contributed by atoms with Crippen molar-refractivity contribution in [2.45, 2.75) is 13.5 Å². The Hall–Kier alpha value is -4.05. The van der Waals surface area contributed by atoms with Crippen LogP contribution in [0.15, 0.2) is 75.8 Å². The van der Waals surface area contributed by atoms with Crippen LogP contribution in [0.3, 0.4) is 0 Å². The average molecular weight is 541 g/mol. The molecule has 0 amide bonds. The van der Waals surface area contributed by atoms with E-state index in [1.165, 1.54) is 42.5 Å². The molecule has 1 heterocycles. The molecule has 10 heteroatoms. The minimum atomic E-state index is -0.654. The number of nitro benzene ring substituents is 1.